The second kappa shape index (κ2) is 10.4. The number of hydrogen-bond donors (Lipinski definition) is 0. The first kappa shape index (κ1) is 28.4. The molecule has 190 valence electrons. The molecule has 0 saturated heterocycles. The van der Waals surface area contributed by atoms with E-state index in [-0.39, 0.29) is 39.1 Å². The number of hydrogen-bond acceptors (Lipinski definition) is 6. The molecule has 0 spiro atoms. The summed E-state index contributed by atoms with van der Waals surface area (Å²) in [5.41, 5.74) is -4.41. The first-order valence-corrected chi connectivity index (χ1v) is 11.1. The SMILES string of the molecule is CCSc1ccc(-n2ccc(C(F)(F)F)n2)nc1-c1nc2cc(SC(F)(F)F)ncc2n1C.O.O. The standard InChI is InChI=1S/C19H14F6N6S2.2H2O/c1-3-32-12-4-5-14(31-7-6-13(29-31)18(20,21)22)28-16(12)17-27-10-8-15(33-19(23,24)25)26-9-11(10)30(17)2;;/h4-9H,3H2,1-2H3;2*1H2. The number of halogens is 6. The van der Waals surface area contributed by atoms with Gasteiger partial charge in [0.1, 0.15) is 10.7 Å². The highest BCUT2D eigenvalue weighted by molar-refractivity contribution is 8.00. The van der Waals surface area contributed by atoms with Gasteiger partial charge in [-0.1, -0.05) is 6.92 Å². The number of alkyl halides is 6. The minimum Gasteiger partial charge on any atom is -0.412 e. The van der Waals surface area contributed by atoms with E-state index < -0.39 is 17.4 Å². The van der Waals surface area contributed by atoms with Crippen LogP contribution in [-0.2, 0) is 13.2 Å². The molecule has 4 aromatic heterocycles. The summed E-state index contributed by atoms with van der Waals surface area (Å²) in [6.07, 6.45) is -2.15. The fourth-order valence-electron chi connectivity index (χ4n) is 3.05. The van der Waals surface area contributed by atoms with Gasteiger partial charge in [-0.05, 0) is 30.0 Å². The number of rotatable bonds is 5. The highest BCUT2D eigenvalue weighted by atomic mass is 32.2. The van der Waals surface area contributed by atoms with Crippen molar-refractivity contribution in [3.63, 3.8) is 0 Å². The molecule has 0 bridgehead atoms. The Morgan fingerprint density at radius 3 is 2.31 bits per heavy atom. The molecular weight excluding hydrogens is 522 g/mol. The van der Waals surface area contributed by atoms with E-state index in [0.29, 0.717) is 27.7 Å². The average Bonchev–Trinajstić information content (AvgIpc) is 3.33. The second-order valence-corrected chi connectivity index (χ2v) is 9.04. The van der Waals surface area contributed by atoms with Gasteiger partial charge in [-0.2, -0.15) is 31.4 Å². The molecule has 0 aromatic carbocycles. The summed E-state index contributed by atoms with van der Waals surface area (Å²) in [5.74, 6) is 1.16. The van der Waals surface area contributed by atoms with Crippen molar-refractivity contribution in [1.82, 2.24) is 29.3 Å². The summed E-state index contributed by atoms with van der Waals surface area (Å²) in [6.45, 7) is 1.92. The topological polar surface area (TPSA) is 124 Å². The van der Waals surface area contributed by atoms with Crippen LogP contribution in [0.1, 0.15) is 12.6 Å². The largest absolute Gasteiger partial charge is 0.447 e. The molecule has 16 heteroatoms. The van der Waals surface area contributed by atoms with Crippen LogP contribution in [0.2, 0.25) is 0 Å². The minimum absolute atomic E-state index is 0. The predicted octanol–water partition coefficient (Wildman–Crippen LogP) is 4.31. The van der Waals surface area contributed by atoms with Gasteiger partial charge in [-0.3, -0.25) is 0 Å². The number of pyridine rings is 2. The van der Waals surface area contributed by atoms with E-state index in [0.717, 1.165) is 16.9 Å². The minimum atomic E-state index is -4.59. The van der Waals surface area contributed by atoms with Gasteiger partial charge in [0.2, 0.25) is 0 Å². The van der Waals surface area contributed by atoms with Crippen molar-refractivity contribution in [1.29, 1.82) is 0 Å². The van der Waals surface area contributed by atoms with Crippen LogP contribution in [0.25, 0.3) is 28.4 Å². The summed E-state index contributed by atoms with van der Waals surface area (Å²) in [5, 5.41) is 3.30. The lowest BCUT2D eigenvalue weighted by molar-refractivity contribution is -0.141. The van der Waals surface area contributed by atoms with Gasteiger partial charge in [-0.15, -0.1) is 11.8 Å². The lowest BCUT2D eigenvalue weighted by Crippen LogP contribution is -2.08. The molecule has 0 aliphatic carbocycles. The van der Waals surface area contributed by atoms with E-state index in [1.807, 2.05) is 6.92 Å². The van der Waals surface area contributed by atoms with Gasteiger partial charge in [0.15, 0.2) is 17.3 Å². The maximum absolute atomic E-state index is 12.9. The molecule has 0 aliphatic heterocycles. The molecular formula is C19H18F6N6O2S2. The van der Waals surface area contributed by atoms with Crippen LogP contribution < -0.4 is 0 Å². The molecule has 0 fully saturated rings. The first-order chi connectivity index (χ1) is 15.5. The molecule has 4 aromatic rings. The van der Waals surface area contributed by atoms with Crippen LogP contribution >= 0.6 is 23.5 Å². The summed E-state index contributed by atoms with van der Waals surface area (Å²) in [7, 11) is 1.66. The van der Waals surface area contributed by atoms with Gasteiger partial charge in [0.05, 0.1) is 17.2 Å². The number of fused-ring (bicyclic) bond motifs is 1. The Labute approximate surface area is 202 Å². The maximum atomic E-state index is 12.9. The molecule has 0 saturated carbocycles. The van der Waals surface area contributed by atoms with Gasteiger partial charge in [-0.25, -0.2) is 19.6 Å². The van der Waals surface area contributed by atoms with Crippen LogP contribution in [0.5, 0.6) is 0 Å². The van der Waals surface area contributed by atoms with Crippen LogP contribution in [0.4, 0.5) is 26.3 Å². The van der Waals surface area contributed by atoms with Crippen molar-refractivity contribution in [3.05, 3.63) is 42.4 Å². The second-order valence-electron chi connectivity index (χ2n) is 6.65. The van der Waals surface area contributed by atoms with Gasteiger partial charge >= 0.3 is 11.7 Å². The van der Waals surface area contributed by atoms with Crippen molar-refractivity contribution in [2.45, 2.75) is 28.5 Å². The molecule has 0 atom stereocenters. The van der Waals surface area contributed by atoms with Crippen molar-refractivity contribution in [2.75, 3.05) is 5.75 Å². The Morgan fingerprint density at radius 2 is 1.71 bits per heavy atom. The van der Waals surface area contributed by atoms with Crippen molar-refractivity contribution >= 4 is 34.6 Å². The van der Waals surface area contributed by atoms with Crippen LogP contribution in [0.15, 0.2) is 46.6 Å². The summed E-state index contributed by atoms with van der Waals surface area (Å²) in [4.78, 5) is 13.5. The summed E-state index contributed by atoms with van der Waals surface area (Å²) >= 11 is 1.10. The number of imidazole rings is 1. The highest BCUT2D eigenvalue weighted by Gasteiger charge is 2.34. The zero-order chi connectivity index (χ0) is 24.0. The fourth-order valence-corrected chi connectivity index (χ4v) is 4.32. The first-order valence-electron chi connectivity index (χ1n) is 9.32. The van der Waals surface area contributed by atoms with Crippen LogP contribution in [0.3, 0.4) is 0 Å². The Balaban J connectivity index is 0.00000216. The Hall–Kier alpha value is -2.82. The van der Waals surface area contributed by atoms with Crippen LogP contribution in [0, 0.1) is 0 Å². The highest BCUT2D eigenvalue weighted by Crippen LogP contribution is 2.37. The monoisotopic (exact) mass is 540 g/mol. The molecule has 4 heterocycles. The smallest absolute Gasteiger partial charge is 0.412 e. The molecule has 0 unspecified atom stereocenters. The van der Waals surface area contributed by atoms with Gasteiger partial charge < -0.3 is 15.5 Å². The van der Waals surface area contributed by atoms with Crippen LogP contribution in [-0.4, -0.2) is 51.5 Å². The molecule has 0 radical (unpaired) electrons. The number of thioether (sulfide) groups is 2. The third-order valence-electron chi connectivity index (χ3n) is 4.43. The fraction of sp³-hybridized carbons (Fsp3) is 0.263. The van der Waals surface area contributed by atoms with Crippen molar-refractivity contribution in [2.24, 2.45) is 7.05 Å². The van der Waals surface area contributed by atoms with E-state index in [4.69, 9.17) is 0 Å². The summed E-state index contributed by atoms with van der Waals surface area (Å²) in [6, 6.07) is 5.31. The van der Waals surface area contributed by atoms with E-state index in [9.17, 15) is 26.3 Å². The lowest BCUT2D eigenvalue weighted by atomic mass is 10.3. The third kappa shape index (κ3) is 6.06. The van der Waals surface area contributed by atoms with Crippen molar-refractivity contribution < 1.29 is 37.3 Å². The average molecular weight is 541 g/mol. The molecule has 4 rings (SSSR count). The summed E-state index contributed by atoms with van der Waals surface area (Å²) < 4.78 is 79.6. The molecule has 35 heavy (non-hydrogen) atoms. The quantitative estimate of drug-likeness (QED) is 0.274. The lowest BCUT2D eigenvalue weighted by Gasteiger charge is -2.10. The number of aromatic nitrogens is 6. The van der Waals surface area contributed by atoms with E-state index >= 15 is 0 Å². The van der Waals surface area contributed by atoms with Gasteiger partial charge in [0.25, 0.3) is 0 Å². The molecule has 0 aliphatic rings. The van der Waals surface area contributed by atoms with E-state index in [2.05, 4.69) is 20.1 Å². The van der Waals surface area contributed by atoms with Crippen molar-refractivity contribution in [3.8, 4) is 17.3 Å². The molecule has 4 N–H and O–H groups in total. The third-order valence-corrected chi connectivity index (χ3v) is 6.02. The maximum Gasteiger partial charge on any atom is 0.447 e. The van der Waals surface area contributed by atoms with E-state index in [1.54, 1.807) is 17.7 Å². The number of nitrogens with zero attached hydrogens (tertiary/aromatic N) is 6. The number of aryl methyl sites for hydroxylation is 1. The van der Waals surface area contributed by atoms with Gasteiger partial charge in [0, 0.05) is 29.9 Å². The zero-order valence-corrected chi connectivity index (χ0v) is 19.6. The molecule has 0 amide bonds. The normalized spacial score (nSPS) is 11.9. The Morgan fingerprint density at radius 1 is 1.00 bits per heavy atom. The Bertz CT molecular complexity index is 1320. The zero-order valence-electron chi connectivity index (χ0n) is 17.9. The Kier molecular flexibility index (Phi) is 8.47. The van der Waals surface area contributed by atoms with E-state index in [1.165, 1.54) is 30.1 Å². The molecule has 8 nitrogen and oxygen atoms in total. The predicted molar refractivity (Wildman–Crippen MR) is 119 cm³/mol.